The number of H-pyrrole nitrogens is 1. The van der Waals surface area contributed by atoms with Crippen LogP contribution in [0.15, 0.2) is 12.4 Å². The fraction of sp³-hybridized carbons (Fsp3) is 0.500. The second-order valence-corrected chi connectivity index (χ2v) is 3.49. The Morgan fingerprint density at radius 1 is 1.59 bits per heavy atom. The number of methoxy groups -OCH3 is 1. The molecule has 0 aliphatic carbocycles. The van der Waals surface area contributed by atoms with Crippen molar-refractivity contribution in [1.82, 2.24) is 20.4 Å². The highest BCUT2D eigenvalue weighted by molar-refractivity contribution is 5.95. The predicted octanol–water partition coefficient (Wildman–Crippen LogP) is -0.756. The maximum atomic E-state index is 11.7. The molecule has 2 N–H and O–H groups in total. The summed E-state index contributed by atoms with van der Waals surface area (Å²) in [7, 11) is 3.12. The first-order valence-corrected chi connectivity index (χ1v) is 5.15. The number of carbonyl (C=O) groups excluding carboxylic acids is 2. The molecule has 0 aliphatic rings. The van der Waals surface area contributed by atoms with Crippen molar-refractivity contribution in [3.8, 4) is 0 Å². The Morgan fingerprint density at radius 3 is 2.94 bits per heavy atom. The van der Waals surface area contributed by atoms with Crippen molar-refractivity contribution in [2.24, 2.45) is 0 Å². The number of nitrogens with zero attached hydrogens (tertiary/aromatic N) is 2. The van der Waals surface area contributed by atoms with Crippen molar-refractivity contribution in [2.75, 3.05) is 33.9 Å². The van der Waals surface area contributed by atoms with Gasteiger partial charge in [0.15, 0.2) is 0 Å². The summed E-state index contributed by atoms with van der Waals surface area (Å²) in [5.41, 5.74) is 0.428. The van der Waals surface area contributed by atoms with Gasteiger partial charge in [-0.15, -0.1) is 0 Å². The Kier molecular flexibility index (Phi) is 5.15. The minimum atomic E-state index is -0.249. The zero-order valence-corrected chi connectivity index (χ0v) is 9.90. The molecule has 2 amide bonds. The van der Waals surface area contributed by atoms with Gasteiger partial charge in [-0.2, -0.15) is 5.10 Å². The molecule has 1 aromatic rings. The molecule has 94 valence electrons. The molecule has 1 heterocycles. The topological polar surface area (TPSA) is 87.3 Å². The molecule has 0 saturated carbocycles. The number of hydrogen-bond acceptors (Lipinski definition) is 4. The van der Waals surface area contributed by atoms with E-state index in [4.69, 9.17) is 4.74 Å². The summed E-state index contributed by atoms with van der Waals surface area (Å²) in [5, 5.41) is 8.86. The van der Waals surface area contributed by atoms with E-state index in [0.717, 1.165) is 0 Å². The third-order valence-corrected chi connectivity index (χ3v) is 2.10. The van der Waals surface area contributed by atoms with E-state index in [1.54, 1.807) is 14.2 Å². The van der Waals surface area contributed by atoms with Gasteiger partial charge in [0.1, 0.15) is 0 Å². The molecular weight excluding hydrogens is 224 g/mol. The summed E-state index contributed by atoms with van der Waals surface area (Å²) in [6, 6.07) is 0. The molecule has 7 nitrogen and oxygen atoms in total. The lowest BCUT2D eigenvalue weighted by atomic mass is 10.3. The van der Waals surface area contributed by atoms with Crippen LogP contribution in [0, 0.1) is 0 Å². The first-order chi connectivity index (χ1) is 8.15. The van der Waals surface area contributed by atoms with Crippen LogP contribution in [0.25, 0.3) is 0 Å². The molecule has 0 fully saturated rings. The number of aromatic amines is 1. The second kappa shape index (κ2) is 6.64. The van der Waals surface area contributed by atoms with Crippen molar-refractivity contribution in [2.45, 2.75) is 0 Å². The van der Waals surface area contributed by atoms with Crippen LogP contribution in [-0.4, -0.2) is 60.8 Å². The van der Waals surface area contributed by atoms with Crippen LogP contribution in [0.4, 0.5) is 0 Å². The van der Waals surface area contributed by atoms with E-state index in [-0.39, 0.29) is 18.4 Å². The number of amides is 2. The lowest BCUT2D eigenvalue weighted by Crippen LogP contribution is -2.39. The van der Waals surface area contributed by atoms with Gasteiger partial charge in [0, 0.05) is 26.9 Å². The van der Waals surface area contributed by atoms with E-state index in [9.17, 15) is 9.59 Å². The van der Waals surface area contributed by atoms with Gasteiger partial charge in [-0.05, 0) is 0 Å². The van der Waals surface area contributed by atoms with Crippen molar-refractivity contribution in [1.29, 1.82) is 0 Å². The highest BCUT2D eigenvalue weighted by Gasteiger charge is 2.15. The van der Waals surface area contributed by atoms with Gasteiger partial charge < -0.3 is 15.0 Å². The molecule has 0 bridgehead atoms. The predicted molar refractivity (Wildman–Crippen MR) is 60.4 cm³/mol. The highest BCUT2D eigenvalue weighted by Crippen LogP contribution is 1.99. The van der Waals surface area contributed by atoms with Gasteiger partial charge in [0.25, 0.3) is 5.91 Å². The molecule has 0 radical (unpaired) electrons. The normalized spacial score (nSPS) is 10.0. The SMILES string of the molecule is COCCNC(=O)CN(C)C(=O)c1cn[nH]c1. The molecule has 0 spiro atoms. The van der Waals surface area contributed by atoms with Crippen LogP contribution in [0.2, 0.25) is 0 Å². The summed E-state index contributed by atoms with van der Waals surface area (Å²) >= 11 is 0. The number of nitrogens with one attached hydrogen (secondary N) is 2. The van der Waals surface area contributed by atoms with Crippen LogP contribution >= 0.6 is 0 Å². The maximum absolute atomic E-state index is 11.7. The average Bonchev–Trinajstić information content (AvgIpc) is 2.81. The lowest BCUT2D eigenvalue weighted by molar-refractivity contribution is -0.121. The molecule has 0 saturated heterocycles. The van der Waals surface area contributed by atoms with E-state index in [1.165, 1.54) is 17.3 Å². The van der Waals surface area contributed by atoms with E-state index in [2.05, 4.69) is 15.5 Å². The van der Waals surface area contributed by atoms with Gasteiger partial charge in [-0.1, -0.05) is 0 Å². The van der Waals surface area contributed by atoms with Crippen LogP contribution in [0.3, 0.4) is 0 Å². The third kappa shape index (κ3) is 4.23. The minimum Gasteiger partial charge on any atom is -0.383 e. The van der Waals surface area contributed by atoms with Gasteiger partial charge in [0.2, 0.25) is 5.91 Å². The zero-order chi connectivity index (χ0) is 12.7. The highest BCUT2D eigenvalue weighted by atomic mass is 16.5. The van der Waals surface area contributed by atoms with Crippen LogP contribution in [0.5, 0.6) is 0 Å². The van der Waals surface area contributed by atoms with Gasteiger partial charge >= 0.3 is 0 Å². The fourth-order valence-electron chi connectivity index (χ4n) is 1.22. The van der Waals surface area contributed by atoms with E-state index < -0.39 is 0 Å². The summed E-state index contributed by atoms with van der Waals surface area (Å²) in [6.45, 7) is 0.891. The van der Waals surface area contributed by atoms with Crippen LogP contribution in [-0.2, 0) is 9.53 Å². The Bertz CT molecular complexity index is 364. The molecule has 0 atom stereocenters. The first kappa shape index (κ1) is 13.2. The molecule has 7 heteroatoms. The van der Waals surface area contributed by atoms with Crippen LogP contribution < -0.4 is 5.32 Å². The maximum Gasteiger partial charge on any atom is 0.257 e. The number of hydrogen-bond donors (Lipinski definition) is 2. The Labute approximate surface area is 99.1 Å². The van der Waals surface area contributed by atoms with E-state index in [0.29, 0.717) is 18.7 Å². The first-order valence-electron chi connectivity index (χ1n) is 5.15. The smallest absolute Gasteiger partial charge is 0.257 e. The van der Waals surface area contributed by atoms with E-state index in [1.807, 2.05) is 0 Å². The van der Waals surface area contributed by atoms with Crippen molar-refractivity contribution >= 4 is 11.8 Å². The summed E-state index contributed by atoms with van der Waals surface area (Å²) in [4.78, 5) is 24.5. The Balaban J connectivity index is 2.36. The fourth-order valence-corrected chi connectivity index (χ4v) is 1.22. The number of ether oxygens (including phenoxy) is 1. The second-order valence-electron chi connectivity index (χ2n) is 3.49. The largest absolute Gasteiger partial charge is 0.383 e. The molecule has 1 aromatic heterocycles. The van der Waals surface area contributed by atoms with Gasteiger partial charge in [-0.25, -0.2) is 0 Å². The molecule has 0 aliphatic heterocycles. The van der Waals surface area contributed by atoms with E-state index >= 15 is 0 Å². The van der Waals surface area contributed by atoms with Crippen molar-refractivity contribution in [3.63, 3.8) is 0 Å². The monoisotopic (exact) mass is 240 g/mol. The Morgan fingerprint density at radius 2 is 2.35 bits per heavy atom. The lowest BCUT2D eigenvalue weighted by Gasteiger charge is -2.15. The molecular formula is C10H16N4O3. The zero-order valence-electron chi connectivity index (χ0n) is 9.90. The number of carbonyl (C=O) groups is 2. The molecule has 0 aromatic carbocycles. The summed E-state index contributed by atoms with van der Waals surface area (Å²) in [5.74, 6) is -0.470. The van der Waals surface area contributed by atoms with Gasteiger partial charge in [-0.3, -0.25) is 14.7 Å². The number of likely N-dealkylation sites (N-methyl/N-ethyl adjacent to an activating group) is 1. The summed E-state index contributed by atoms with van der Waals surface area (Å²) < 4.78 is 4.80. The van der Waals surface area contributed by atoms with Gasteiger partial charge in [0.05, 0.1) is 24.9 Å². The molecule has 1 rings (SSSR count). The number of rotatable bonds is 6. The standard InChI is InChI=1S/C10H16N4O3/c1-14(7-9(15)11-3-4-17-2)10(16)8-5-12-13-6-8/h5-6H,3-4,7H2,1-2H3,(H,11,15)(H,12,13). The third-order valence-electron chi connectivity index (χ3n) is 2.10. The van der Waals surface area contributed by atoms with Crippen molar-refractivity contribution in [3.05, 3.63) is 18.0 Å². The Hall–Kier alpha value is -1.89. The minimum absolute atomic E-state index is 0.00767. The van der Waals surface area contributed by atoms with Crippen LogP contribution in [0.1, 0.15) is 10.4 Å². The molecule has 0 unspecified atom stereocenters. The summed E-state index contributed by atoms with van der Waals surface area (Å²) in [6.07, 6.45) is 2.91. The van der Waals surface area contributed by atoms with Crippen molar-refractivity contribution < 1.29 is 14.3 Å². The quantitative estimate of drug-likeness (QED) is 0.640. The number of aromatic nitrogens is 2. The molecule has 17 heavy (non-hydrogen) atoms. The average molecular weight is 240 g/mol.